The Morgan fingerprint density at radius 2 is 2.06 bits per heavy atom. The lowest BCUT2D eigenvalue weighted by Crippen LogP contribution is -2.44. The number of nitrogens with one attached hydrogen (secondary N) is 1. The van der Waals surface area contributed by atoms with Crippen molar-refractivity contribution in [3.8, 4) is 0 Å². The van der Waals surface area contributed by atoms with Gasteiger partial charge in [-0.3, -0.25) is 4.79 Å². The molecule has 1 aromatic carbocycles. The fraction of sp³-hybridized carbons (Fsp3) is 0.462. The molecule has 0 spiro atoms. The summed E-state index contributed by atoms with van der Waals surface area (Å²) < 4.78 is 13.1. The normalized spacial score (nSPS) is 11.4. The van der Waals surface area contributed by atoms with Crippen LogP contribution in [0.25, 0.3) is 0 Å². The molecule has 0 atom stereocenters. The first kappa shape index (κ1) is 13.6. The molecule has 0 saturated carbocycles. The fourth-order valence-electron chi connectivity index (χ4n) is 1.59. The third-order valence-electron chi connectivity index (χ3n) is 2.49. The lowest BCUT2D eigenvalue weighted by atomic mass is 10.0. The minimum atomic E-state index is -0.508. The van der Waals surface area contributed by atoms with Gasteiger partial charge in [-0.25, -0.2) is 4.39 Å². The van der Waals surface area contributed by atoms with Crippen molar-refractivity contribution in [2.75, 3.05) is 6.61 Å². The van der Waals surface area contributed by atoms with Crippen molar-refractivity contribution in [2.24, 2.45) is 0 Å². The van der Waals surface area contributed by atoms with Gasteiger partial charge in [0.15, 0.2) is 0 Å². The first-order chi connectivity index (χ1) is 7.84. The molecule has 17 heavy (non-hydrogen) atoms. The number of benzene rings is 1. The summed E-state index contributed by atoms with van der Waals surface area (Å²) in [5.41, 5.74) is 0.495. The van der Waals surface area contributed by atoms with Gasteiger partial charge < -0.3 is 10.4 Å². The van der Waals surface area contributed by atoms with Crippen molar-refractivity contribution in [1.82, 2.24) is 5.32 Å². The topological polar surface area (TPSA) is 49.3 Å². The molecule has 3 nitrogen and oxygen atoms in total. The molecule has 0 heterocycles. The van der Waals surface area contributed by atoms with Gasteiger partial charge in [-0.2, -0.15) is 0 Å². The van der Waals surface area contributed by atoms with Gasteiger partial charge in [0.1, 0.15) is 5.82 Å². The van der Waals surface area contributed by atoms with E-state index < -0.39 is 11.4 Å². The highest BCUT2D eigenvalue weighted by atomic mass is 19.1. The third-order valence-corrected chi connectivity index (χ3v) is 2.49. The van der Waals surface area contributed by atoms with Crippen molar-refractivity contribution in [2.45, 2.75) is 32.7 Å². The lowest BCUT2D eigenvalue weighted by Gasteiger charge is -2.25. The highest BCUT2D eigenvalue weighted by Crippen LogP contribution is 2.12. The minimum absolute atomic E-state index is 0.00451. The van der Waals surface area contributed by atoms with Gasteiger partial charge in [0.05, 0.1) is 0 Å². The molecular weight excluding hydrogens is 221 g/mol. The molecule has 4 heteroatoms. The highest BCUT2D eigenvalue weighted by Gasteiger charge is 2.20. The van der Waals surface area contributed by atoms with Gasteiger partial charge in [-0.15, -0.1) is 0 Å². The second kappa shape index (κ2) is 5.27. The van der Waals surface area contributed by atoms with Gasteiger partial charge >= 0.3 is 0 Å². The summed E-state index contributed by atoms with van der Waals surface area (Å²) in [6.45, 7) is 5.36. The summed E-state index contributed by atoms with van der Waals surface area (Å²) in [4.78, 5) is 11.9. The SMILES string of the molecule is Cc1cc(F)cc(C(=O)NC(C)(C)CCO)c1. The molecule has 0 bridgehead atoms. The first-order valence-corrected chi connectivity index (χ1v) is 5.54. The summed E-state index contributed by atoms with van der Waals surface area (Å²) in [7, 11) is 0. The number of hydrogen-bond acceptors (Lipinski definition) is 2. The van der Waals surface area contributed by atoms with Crippen molar-refractivity contribution in [3.05, 3.63) is 35.1 Å². The van der Waals surface area contributed by atoms with Gasteiger partial charge in [0.25, 0.3) is 5.91 Å². The van der Waals surface area contributed by atoms with E-state index in [0.717, 1.165) is 0 Å². The highest BCUT2D eigenvalue weighted by molar-refractivity contribution is 5.94. The Morgan fingerprint density at radius 1 is 1.41 bits per heavy atom. The Kier molecular flexibility index (Phi) is 4.23. The van der Waals surface area contributed by atoms with Gasteiger partial charge in [-0.1, -0.05) is 0 Å². The number of aryl methyl sites for hydroxylation is 1. The second-order valence-electron chi connectivity index (χ2n) is 4.83. The summed E-state index contributed by atoms with van der Waals surface area (Å²) in [6.07, 6.45) is 0.451. The average molecular weight is 239 g/mol. The summed E-state index contributed by atoms with van der Waals surface area (Å²) >= 11 is 0. The fourth-order valence-corrected chi connectivity index (χ4v) is 1.59. The van der Waals surface area contributed by atoms with Crippen LogP contribution in [0.5, 0.6) is 0 Å². The van der Waals surface area contributed by atoms with Gasteiger partial charge in [0, 0.05) is 17.7 Å². The van der Waals surface area contributed by atoms with Crippen LogP contribution in [0.1, 0.15) is 36.2 Å². The first-order valence-electron chi connectivity index (χ1n) is 5.54. The van der Waals surface area contributed by atoms with E-state index >= 15 is 0 Å². The van der Waals surface area contributed by atoms with E-state index in [2.05, 4.69) is 5.32 Å². The standard InChI is InChI=1S/C13H18FNO2/c1-9-6-10(8-11(14)7-9)12(17)15-13(2,3)4-5-16/h6-8,16H,4-5H2,1-3H3,(H,15,17). The van der Waals surface area contributed by atoms with E-state index in [9.17, 15) is 9.18 Å². The zero-order chi connectivity index (χ0) is 13.1. The molecule has 94 valence electrons. The van der Waals surface area contributed by atoms with Crippen molar-refractivity contribution in [3.63, 3.8) is 0 Å². The summed E-state index contributed by atoms with van der Waals surface area (Å²) in [6, 6.07) is 4.21. The number of carbonyl (C=O) groups excluding carboxylic acids is 1. The largest absolute Gasteiger partial charge is 0.396 e. The molecule has 0 aliphatic heterocycles. The number of amides is 1. The Bertz CT molecular complexity index is 396. The maximum Gasteiger partial charge on any atom is 0.251 e. The smallest absolute Gasteiger partial charge is 0.251 e. The van der Waals surface area contributed by atoms with Crippen LogP contribution in [0.2, 0.25) is 0 Å². The number of carbonyl (C=O) groups is 1. The summed E-state index contributed by atoms with van der Waals surface area (Å²) in [5, 5.41) is 11.6. The Balaban J connectivity index is 2.83. The second-order valence-corrected chi connectivity index (χ2v) is 4.83. The molecule has 0 unspecified atom stereocenters. The van der Waals surface area contributed by atoms with Crippen molar-refractivity contribution in [1.29, 1.82) is 0 Å². The molecule has 0 aliphatic carbocycles. The Morgan fingerprint density at radius 3 is 2.59 bits per heavy atom. The van der Waals surface area contributed by atoms with Crippen LogP contribution in [0.15, 0.2) is 18.2 Å². The van der Waals surface area contributed by atoms with Crippen LogP contribution in [-0.4, -0.2) is 23.2 Å². The quantitative estimate of drug-likeness (QED) is 0.844. The number of aliphatic hydroxyl groups is 1. The number of aliphatic hydroxyl groups excluding tert-OH is 1. The predicted molar refractivity (Wildman–Crippen MR) is 64.4 cm³/mol. The molecule has 0 fully saturated rings. The molecular formula is C13H18FNO2. The van der Waals surface area contributed by atoms with E-state index in [4.69, 9.17) is 5.11 Å². The van der Waals surface area contributed by atoms with Gasteiger partial charge in [0.2, 0.25) is 0 Å². The van der Waals surface area contributed by atoms with E-state index in [1.807, 2.05) is 13.8 Å². The van der Waals surface area contributed by atoms with Gasteiger partial charge in [-0.05, 0) is 51.0 Å². The number of hydrogen-bond donors (Lipinski definition) is 2. The zero-order valence-electron chi connectivity index (χ0n) is 10.4. The summed E-state index contributed by atoms with van der Waals surface area (Å²) in [5.74, 6) is -0.749. The maximum atomic E-state index is 13.1. The molecule has 1 aromatic rings. The Labute approximate surface area is 101 Å². The van der Waals surface area contributed by atoms with Crippen LogP contribution < -0.4 is 5.32 Å². The predicted octanol–water partition coefficient (Wildman–Crippen LogP) is 2.02. The molecule has 0 aliphatic rings. The van der Waals surface area contributed by atoms with Crippen molar-refractivity contribution >= 4 is 5.91 Å². The molecule has 0 radical (unpaired) electrons. The maximum absolute atomic E-state index is 13.1. The monoisotopic (exact) mass is 239 g/mol. The molecule has 1 rings (SSSR count). The van der Waals surface area contributed by atoms with E-state index in [-0.39, 0.29) is 12.5 Å². The number of halogens is 1. The van der Waals surface area contributed by atoms with Crippen LogP contribution in [0.3, 0.4) is 0 Å². The third kappa shape index (κ3) is 4.15. The molecule has 1 amide bonds. The lowest BCUT2D eigenvalue weighted by molar-refractivity contribution is 0.0899. The van der Waals surface area contributed by atoms with E-state index in [0.29, 0.717) is 17.5 Å². The zero-order valence-corrected chi connectivity index (χ0v) is 10.4. The van der Waals surface area contributed by atoms with Crippen LogP contribution in [0.4, 0.5) is 4.39 Å². The molecule has 0 aromatic heterocycles. The minimum Gasteiger partial charge on any atom is -0.396 e. The van der Waals surface area contributed by atoms with Crippen LogP contribution in [-0.2, 0) is 0 Å². The molecule has 0 saturated heterocycles. The Hall–Kier alpha value is -1.42. The van der Waals surface area contributed by atoms with E-state index in [1.165, 1.54) is 12.1 Å². The average Bonchev–Trinajstić information content (AvgIpc) is 2.14. The van der Waals surface area contributed by atoms with E-state index in [1.54, 1.807) is 13.0 Å². The van der Waals surface area contributed by atoms with Crippen LogP contribution >= 0.6 is 0 Å². The van der Waals surface area contributed by atoms with Crippen LogP contribution in [0, 0.1) is 12.7 Å². The van der Waals surface area contributed by atoms with Crippen molar-refractivity contribution < 1.29 is 14.3 Å². The molecule has 2 N–H and O–H groups in total. The number of rotatable bonds is 4.